The van der Waals surface area contributed by atoms with Gasteiger partial charge >= 0.3 is 0 Å². The predicted molar refractivity (Wildman–Crippen MR) is 59.1 cm³/mol. The van der Waals surface area contributed by atoms with Crippen LogP contribution >= 0.6 is 0 Å². The topological polar surface area (TPSA) is 44.1 Å². The summed E-state index contributed by atoms with van der Waals surface area (Å²) in [6.45, 7) is 5.05. The number of amides is 1. The van der Waals surface area contributed by atoms with Gasteiger partial charge in [-0.1, -0.05) is 19.3 Å². The first kappa shape index (κ1) is 12.0. The molecule has 0 radical (unpaired) electrons. The Morgan fingerprint density at radius 2 is 1.60 bits per heavy atom. The van der Waals surface area contributed by atoms with Crippen molar-refractivity contribution in [3.05, 3.63) is 0 Å². The first-order chi connectivity index (χ1) is 7.08. The summed E-state index contributed by atoms with van der Waals surface area (Å²) in [5, 5.41) is 8.92. The van der Waals surface area contributed by atoms with Gasteiger partial charge in [-0.25, -0.2) is 0 Å². The van der Waals surface area contributed by atoms with Crippen molar-refractivity contribution in [3.8, 4) is 6.07 Å². The lowest BCUT2D eigenvalue weighted by atomic mass is 9.93. The summed E-state index contributed by atoms with van der Waals surface area (Å²) in [4.78, 5) is 13.9. The maximum atomic E-state index is 12.0. The lowest BCUT2D eigenvalue weighted by Crippen LogP contribution is -2.41. The molecule has 15 heavy (non-hydrogen) atoms. The molecule has 0 N–H and O–H groups in total. The molecule has 3 nitrogen and oxygen atoms in total. The van der Waals surface area contributed by atoms with E-state index in [1.54, 1.807) is 13.8 Å². The van der Waals surface area contributed by atoms with Crippen molar-refractivity contribution in [1.82, 2.24) is 4.90 Å². The summed E-state index contributed by atoms with van der Waals surface area (Å²) in [7, 11) is 0. The fourth-order valence-electron chi connectivity index (χ4n) is 1.89. The summed E-state index contributed by atoms with van der Waals surface area (Å²) < 4.78 is 0. The molecular weight excluding hydrogens is 188 g/mol. The molecule has 0 aromatic rings. The third-order valence-electron chi connectivity index (χ3n) is 2.96. The summed E-state index contributed by atoms with van der Waals surface area (Å²) in [6.07, 6.45) is 5.84. The average Bonchev–Trinajstić information content (AvgIpc) is 2.16. The molecule has 1 saturated heterocycles. The van der Waals surface area contributed by atoms with E-state index < -0.39 is 5.41 Å². The van der Waals surface area contributed by atoms with Crippen LogP contribution in [0.25, 0.3) is 0 Å². The average molecular weight is 208 g/mol. The van der Waals surface area contributed by atoms with Gasteiger partial charge in [-0.15, -0.1) is 0 Å². The van der Waals surface area contributed by atoms with Crippen LogP contribution < -0.4 is 0 Å². The Bertz CT molecular complexity index is 257. The van der Waals surface area contributed by atoms with Gasteiger partial charge in [0.1, 0.15) is 5.41 Å². The van der Waals surface area contributed by atoms with E-state index >= 15 is 0 Å². The molecule has 0 unspecified atom stereocenters. The van der Waals surface area contributed by atoms with Crippen LogP contribution in [0.5, 0.6) is 0 Å². The Morgan fingerprint density at radius 3 is 2.07 bits per heavy atom. The molecule has 1 aliphatic heterocycles. The van der Waals surface area contributed by atoms with E-state index in [-0.39, 0.29) is 5.91 Å². The van der Waals surface area contributed by atoms with Gasteiger partial charge in [0.25, 0.3) is 0 Å². The molecule has 1 rings (SSSR count). The van der Waals surface area contributed by atoms with Crippen molar-refractivity contribution < 1.29 is 4.79 Å². The third kappa shape index (κ3) is 3.23. The number of nitrogens with zero attached hydrogens (tertiary/aromatic N) is 2. The van der Waals surface area contributed by atoms with Crippen molar-refractivity contribution in [2.75, 3.05) is 13.1 Å². The third-order valence-corrected chi connectivity index (χ3v) is 2.96. The SMILES string of the molecule is CC(C)(C#N)C(=O)N1CCCCCCC1. The summed E-state index contributed by atoms with van der Waals surface area (Å²) in [6, 6.07) is 2.08. The highest BCUT2D eigenvalue weighted by atomic mass is 16.2. The fraction of sp³-hybridized carbons (Fsp3) is 0.833. The van der Waals surface area contributed by atoms with Crippen molar-refractivity contribution in [1.29, 1.82) is 5.26 Å². The molecule has 1 heterocycles. The van der Waals surface area contributed by atoms with E-state index in [4.69, 9.17) is 5.26 Å². The maximum absolute atomic E-state index is 12.0. The molecule has 0 saturated carbocycles. The molecule has 1 fully saturated rings. The molecule has 3 heteroatoms. The smallest absolute Gasteiger partial charge is 0.242 e. The van der Waals surface area contributed by atoms with Crippen molar-refractivity contribution in [2.24, 2.45) is 5.41 Å². The number of hydrogen-bond donors (Lipinski definition) is 0. The number of carbonyl (C=O) groups is 1. The second-order valence-electron chi connectivity index (χ2n) is 4.80. The van der Waals surface area contributed by atoms with Gasteiger partial charge in [-0.05, 0) is 26.7 Å². The molecule has 0 aromatic carbocycles. The molecular formula is C12H20N2O. The van der Waals surface area contributed by atoms with Crippen LogP contribution in [0.3, 0.4) is 0 Å². The van der Waals surface area contributed by atoms with Crippen LogP contribution in [-0.2, 0) is 4.79 Å². The fourth-order valence-corrected chi connectivity index (χ4v) is 1.89. The van der Waals surface area contributed by atoms with Gasteiger partial charge < -0.3 is 4.90 Å². The lowest BCUT2D eigenvalue weighted by molar-refractivity contribution is -0.137. The summed E-state index contributed by atoms with van der Waals surface area (Å²) >= 11 is 0. The minimum atomic E-state index is -0.862. The Hall–Kier alpha value is -1.04. The van der Waals surface area contributed by atoms with Crippen LogP contribution in [0.4, 0.5) is 0 Å². The Morgan fingerprint density at radius 1 is 1.13 bits per heavy atom. The second-order valence-corrected chi connectivity index (χ2v) is 4.80. The number of carbonyl (C=O) groups excluding carboxylic acids is 1. The summed E-state index contributed by atoms with van der Waals surface area (Å²) in [5.74, 6) is -0.00750. The Balaban J connectivity index is 2.61. The lowest BCUT2D eigenvalue weighted by Gasteiger charge is -2.29. The van der Waals surface area contributed by atoms with Crippen molar-refractivity contribution >= 4 is 5.91 Å². The van der Waals surface area contributed by atoms with Gasteiger partial charge in [0, 0.05) is 13.1 Å². The summed E-state index contributed by atoms with van der Waals surface area (Å²) in [5.41, 5.74) is -0.862. The number of rotatable bonds is 1. The van der Waals surface area contributed by atoms with Crippen LogP contribution in [0.2, 0.25) is 0 Å². The first-order valence-electron chi connectivity index (χ1n) is 5.78. The van der Waals surface area contributed by atoms with E-state index in [9.17, 15) is 4.79 Å². The standard InChI is InChI=1S/C12H20N2O/c1-12(2,10-13)11(15)14-8-6-4-3-5-7-9-14/h3-9H2,1-2H3. The van der Waals surface area contributed by atoms with Gasteiger partial charge in [0.05, 0.1) is 6.07 Å². The van der Waals surface area contributed by atoms with E-state index in [0.29, 0.717) is 0 Å². The van der Waals surface area contributed by atoms with Gasteiger partial charge in [0.15, 0.2) is 0 Å². The monoisotopic (exact) mass is 208 g/mol. The molecule has 0 aromatic heterocycles. The normalized spacial score (nSPS) is 18.9. The zero-order valence-electron chi connectivity index (χ0n) is 9.75. The van der Waals surface area contributed by atoms with E-state index in [0.717, 1.165) is 25.9 Å². The predicted octanol–water partition coefficient (Wildman–Crippen LogP) is 2.33. The zero-order chi connectivity index (χ0) is 11.3. The zero-order valence-corrected chi connectivity index (χ0v) is 9.75. The first-order valence-corrected chi connectivity index (χ1v) is 5.78. The highest BCUT2D eigenvalue weighted by Gasteiger charge is 2.31. The molecule has 0 spiro atoms. The minimum absolute atomic E-state index is 0.00750. The van der Waals surface area contributed by atoms with Gasteiger partial charge in [-0.2, -0.15) is 5.26 Å². The van der Waals surface area contributed by atoms with Crippen molar-refractivity contribution in [2.45, 2.75) is 46.0 Å². The molecule has 0 bridgehead atoms. The molecule has 0 atom stereocenters. The number of nitriles is 1. The largest absolute Gasteiger partial charge is 0.341 e. The number of likely N-dealkylation sites (tertiary alicyclic amines) is 1. The van der Waals surface area contributed by atoms with Gasteiger partial charge in [0.2, 0.25) is 5.91 Å². The van der Waals surface area contributed by atoms with Gasteiger partial charge in [-0.3, -0.25) is 4.79 Å². The van der Waals surface area contributed by atoms with Crippen molar-refractivity contribution in [3.63, 3.8) is 0 Å². The van der Waals surface area contributed by atoms with E-state index in [1.807, 2.05) is 4.90 Å². The maximum Gasteiger partial charge on any atom is 0.242 e. The van der Waals surface area contributed by atoms with E-state index in [1.165, 1.54) is 19.3 Å². The molecule has 0 aliphatic carbocycles. The molecule has 1 aliphatic rings. The minimum Gasteiger partial charge on any atom is -0.341 e. The van der Waals surface area contributed by atoms with E-state index in [2.05, 4.69) is 6.07 Å². The molecule has 84 valence electrons. The Labute approximate surface area is 92.1 Å². The quantitative estimate of drug-likeness (QED) is 0.663. The number of hydrogen-bond acceptors (Lipinski definition) is 2. The van der Waals surface area contributed by atoms with Crippen LogP contribution in [0.1, 0.15) is 46.0 Å². The second kappa shape index (κ2) is 5.16. The van der Waals surface area contributed by atoms with Crippen LogP contribution in [-0.4, -0.2) is 23.9 Å². The highest BCUT2D eigenvalue weighted by molar-refractivity contribution is 5.84. The van der Waals surface area contributed by atoms with Crippen LogP contribution in [0, 0.1) is 16.7 Å². The Kier molecular flexibility index (Phi) is 4.14. The molecule has 1 amide bonds. The van der Waals surface area contributed by atoms with Crippen LogP contribution in [0.15, 0.2) is 0 Å². The highest BCUT2D eigenvalue weighted by Crippen LogP contribution is 2.20.